The molecule has 9 N–H and O–H groups in total. The number of hydrogen-bond donors (Lipinski definition) is 9. The molecule has 12 heteroatoms. The average Bonchev–Trinajstić information content (AvgIpc) is 3.03. The Balaban J connectivity index is 1.55. The summed E-state index contributed by atoms with van der Waals surface area (Å²) >= 11 is 0. The van der Waals surface area contributed by atoms with Crippen LogP contribution >= 0.6 is 0 Å². The van der Waals surface area contributed by atoms with Gasteiger partial charge in [0.05, 0.1) is 28.4 Å². The lowest BCUT2D eigenvalue weighted by Gasteiger charge is -2.49. The Morgan fingerprint density at radius 1 is 0.667 bits per heavy atom. The van der Waals surface area contributed by atoms with Gasteiger partial charge < -0.3 is 50.7 Å². The first kappa shape index (κ1) is 31.6. The number of rotatable bonds is 2. The van der Waals surface area contributed by atoms with Crippen LogP contribution in [-0.2, 0) is 10.3 Å². The summed E-state index contributed by atoms with van der Waals surface area (Å²) in [5.41, 5.74) is -3.80. The highest BCUT2D eigenvalue weighted by Crippen LogP contribution is 2.55. The van der Waals surface area contributed by atoms with Crippen LogP contribution in [0.3, 0.4) is 0 Å². The van der Waals surface area contributed by atoms with Crippen LogP contribution < -0.4 is 0 Å². The predicted molar refractivity (Wildman–Crippen MR) is 167 cm³/mol. The molecule has 248 valence electrons. The van der Waals surface area contributed by atoms with E-state index in [1.54, 1.807) is 6.92 Å². The van der Waals surface area contributed by atoms with E-state index in [4.69, 9.17) is 4.74 Å². The van der Waals surface area contributed by atoms with Crippen molar-refractivity contribution >= 4 is 11.6 Å². The van der Waals surface area contributed by atoms with Crippen molar-refractivity contribution in [3.8, 4) is 28.7 Å². The first-order chi connectivity index (χ1) is 22.6. The molecular weight excluding hydrogens is 624 g/mol. The number of ether oxygens (including phenoxy) is 1. The molecule has 0 saturated carbocycles. The van der Waals surface area contributed by atoms with Crippen molar-refractivity contribution in [2.24, 2.45) is 0 Å². The van der Waals surface area contributed by atoms with Gasteiger partial charge in [0.25, 0.3) is 0 Å². The molecule has 7 rings (SSSR count). The number of carbonyl (C=O) groups excluding carboxylic acids is 2. The quantitative estimate of drug-likeness (QED) is 0.125. The van der Waals surface area contributed by atoms with Crippen molar-refractivity contribution in [1.82, 2.24) is 0 Å². The fourth-order valence-corrected chi connectivity index (χ4v) is 7.65. The van der Waals surface area contributed by atoms with Crippen molar-refractivity contribution in [3.63, 3.8) is 0 Å². The maximum atomic E-state index is 14.3. The van der Waals surface area contributed by atoms with Gasteiger partial charge in [-0.3, -0.25) is 9.59 Å². The first-order valence-electron chi connectivity index (χ1n) is 15.2. The second-order valence-electron chi connectivity index (χ2n) is 12.8. The molecular formula is C36H32O12. The van der Waals surface area contributed by atoms with Crippen LogP contribution in [0.25, 0.3) is 0 Å². The Kier molecular flexibility index (Phi) is 6.92. The lowest BCUT2D eigenvalue weighted by molar-refractivity contribution is -0.256. The SMILES string of the molecule is Cc1cc(O)c2c(c1)C(O)([C@@H]1O[C@@H](C)[C@H](O)[C@@H](O)[C@H]1O)c1ccc([C@H]3c4cccc(O)c4C(=O)c4c(O)cc(C)c(O)c43)c(O)c1C2=O. The van der Waals surface area contributed by atoms with E-state index in [-0.39, 0.29) is 50.3 Å². The molecule has 0 spiro atoms. The minimum Gasteiger partial charge on any atom is -0.507 e. The number of aromatic hydroxyl groups is 5. The van der Waals surface area contributed by atoms with Crippen LogP contribution in [0.5, 0.6) is 28.7 Å². The third-order valence-electron chi connectivity index (χ3n) is 9.96. The summed E-state index contributed by atoms with van der Waals surface area (Å²) in [4.78, 5) is 27.9. The molecule has 1 fully saturated rings. The number of hydrogen-bond acceptors (Lipinski definition) is 12. The standard InChI is InChI=1S/C36H32O12/c1-12-9-18-24(20(38)10-12)32(44)25-17(36(18,47)35-34(46)33(45)29(41)14(3)48-35)8-7-16(30(25)42)22-15-5-4-6-19(37)23(15)31(43)26-21(39)11-13(2)28(40)27(22)26/h4-11,14,22,29,33-35,37-42,45-47H,1-3H3/t14-,22+,29-,33+,34+,35+,36?/m0/s1. The average molecular weight is 657 g/mol. The minimum absolute atomic E-state index is 0.0747. The zero-order valence-electron chi connectivity index (χ0n) is 25.8. The lowest BCUT2D eigenvalue weighted by Crippen LogP contribution is -2.64. The van der Waals surface area contributed by atoms with Gasteiger partial charge in [-0.05, 0) is 55.7 Å². The van der Waals surface area contributed by atoms with Crippen LogP contribution in [0, 0.1) is 13.8 Å². The summed E-state index contributed by atoms with van der Waals surface area (Å²) in [7, 11) is 0. The highest BCUT2D eigenvalue weighted by molar-refractivity contribution is 6.18. The molecule has 4 aromatic rings. The summed E-state index contributed by atoms with van der Waals surface area (Å²) in [6, 6.07) is 10.7. The summed E-state index contributed by atoms with van der Waals surface area (Å²) in [5, 5.41) is 101. The molecule has 1 aliphatic heterocycles. The monoisotopic (exact) mass is 656 g/mol. The number of aliphatic hydroxyl groups is 4. The maximum Gasteiger partial charge on any atom is 0.201 e. The molecule has 4 aromatic carbocycles. The Morgan fingerprint density at radius 2 is 1.33 bits per heavy atom. The molecule has 7 atom stereocenters. The van der Waals surface area contributed by atoms with Gasteiger partial charge in [0.1, 0.15) is 58.8 Å². The van der Waals surface area contributed by atoms with E-state index in [1.165, 1.54) is 62.4 Å². The second-order valence-corrected chi connectivity index (χ2v) is 12.8. The molecule has 1 saturated heterocycles. The van der Waals surface area contributed by atoms with Crippen molar-refractivity contribution in [1.29, 1.82) is 0 Å². The zero-order valence-corrected chi connectivity index (χ0v) is 25.8. The number of aliphatic hydroxyl groups excluding tert-OH is 3. The Labute approximate surface area is 273 Å². The van der Waals surface area contributed by atoms with Gasteiger partial charge in [-0.15, -0.1) is 0 Å². The molecule has 12 nitrogen and oxygen atoms in total. The minimum atomic E-state index is -2.50. The van der Waals surface area contributed by atoms with E-state index in [0.717, 1.165) is 0 Å². The van der Waals surface area contributed by atoms with E-state index in [1.807, 2.05) is 0 Å². The molecule has 3 aliphatic rings. The molecule has 2 aliphatic carbocycles. The third-order valence-corrected chi connectivity index (χ3v) is 9.96. The van der Waals surface area contributed by atoms with Crippen LogP contribution in [0.2, 0.25) is 0 Å². The van der Waals surface area contributed by atoms with Crippen LogP contribution in [0.4, 0.5) is 0 Å². The van der Waals surface area contributed by atoms with Gasteiger partial charge in [0.15, 0.2) is 0 Å². The third kappa shape index (κ3) is 4.01. The predicted octanol–water partition coefficient (Wildman–Crippen LogP) is 2.21. The molecule has 0 bridgehead atoms. The van der Waals surface area contributed by atoms with Gasteiger partial charge in [0, 0.05) is 28.2 Å². The Hall–Kier alpha value is -4.98. The summed E-state index contributed by atoms with van der Waals surface area (Å²) in [6.07, 6.45) is -8.04. The highest BCUT2D eigenvalue weighted by Gasteiger charge is 2.58. The number of fused-ring (bicyclic) bond motifs is 4. The molecule has 0 radical (unpaired) electrons. The summed E-state index contributed by atoms with van der Waals surface area (Å²) in [5.74, 6) is -5.53. The summed E-state index contributed by atoms with van der Waals surface area (Å²) < 4.78 is 5.89. The molecule has 0 aromatic heterocycles. The Bertz CT molecular complexity index is 2090. The summed E-state index contributed by atoms with van der Waals surface area (Å²) in [6.45, 7) is 4.51. The molecule has 0 amide bonds. The smallest absolute Gasteiger partial charge is 0.201 e. The van der Waals surface area contributed by atoms with Crippen LogP contribution in [0.15, 0.2) is 48.5 Å². The van der Waals surface area contributed by atoms with E-state index in [2.05, 4.69) is 0 Å². The zero-order chi connectivity index (χ0) is 34.7. The van der Waals surface area contributed by atoms with Crippen molar-refractivity contribution in [2.45, 2.75) is 62.8 Å². The van der Waals surface area contributed by atoms with Crippen molar-refractivity contribution < 1.29 is 60.3 Å². The van der Waals surface area contributed by atoms with E-state index >= 15 is 0 Å². The van der Waals surface area contributed by atoms with Gasteiger partial charge in [-0.1, -0.05) is 30.3 Å². The van der Waals surface area contributed by atoms with E-state index in [0.29, 0.717) is 5.56 Å². The number of aryl methyl sites for hydroxylation is 2. The first-order valence-corrected chi connectivity index (χ1v) is 15.2. The molecule has 1 heterocycles. The van der Waals surface area contributed by atoms with Crippen molar-refractivity contribution in [2.75, 3.05) is 0 Å². The lowest BCUT2D eigenvalue weighted by atomic mass is 9.66. The number of phenols is 5. The normalized spacial score (nSPS) is 27.6. The number of phenolic OH excluding ortho intramolecular Hbond substituents is 5. The number of benzene rings is 4. The van der Waals surface area contributed by atoms with Gasteiger partial charge in [0.2, 0.25) is 11.6 Å². The topological polar surface area (TPSA) is 225 Å². The van der Waals surface area contributed by atoms with E-state index < -0.39 is 87.7 Å². The van der Waals surface area contributed by atoms with Crippen LogP contribution in [0.1, 0.15) is 83.6 Å². The van der Waals surface area contributed by atoms with Gasteiger partial charge in [-0.2, -0.15) is 0 Å². The van der Waals surface area contributed by atoms with Gasteiger partial charge in [-0.25, -0.2) is 0 Å². The fourth-order valence-electron chi connectivity index (χ4n) is 7.65. The van der Waals surface area contributed by atoms with Crippen LogP contribution in [-0.4, -0.2) is 88.0 Å². The molecule has 1 unspecified atom stereocenters. The van der Waals surface area contributed by atoms with Crippen molar-refractivity contribution in [3.05, 3.63) is 110 Å². The fraction of sp³-hybridized carbons (Fsp3) is 0.278. The van der Waals surface area contributed by atoms with E-state index in [9.17, 15) is 55.5 Å². The number of carbonyl (C=O) groups is 2. The number of ketones is 2. The largest absolute Gasteiger partial charge is 0.507 e. The van der Waals surface area contributed by atoms with Gasteiger partial charge >= 0.3 is 0 Å². The maximum absolute atomic E-state index is 14.3. The molecule has 48 heavy (non-hydrogen) atoms. The second kappa shape index (κ2) is 10.5. The highest BCUT2D eigenvalue weighted by atomic mass is 16.5. The Morgan fingerprint density at radius 3 is 2.04 bits per heavy atom.